The SMILES string of the molecule is O=[N+]([O-])c1ccc(CCNC2CCC(Cl)=Nc3ccc(Cl)cc32)cc1. The van der Waals surface area contributed by atoms with Crippen LogP contribution in [0.3, 0.4) is 0 Å². The molecule has 0 fully saturated rings. The quantitative estimate of drug-likeness (QED) is 0.576. The van der Waals surface area contributed by atoms with E-state index >= 15 is 0 Å². The highest BCUT2D eigenvalue weighted by Gasteiger charge is 2.19. The normalized spacial score (nSPS) is 16.7. The minimum absolute atomic E-state index is 0.107. The molecule has 0 saturated carbocycles. The Balaban J connectivity index is 1.66. The van der Waals surface area contributed by atoms with Gasteiger partial charge in [0.15, 0.2) is 0 Å². The number of benzene rings is 2. The predicted octanol–water partition coefficient (Wildman–Crippen LogP) is 5.18. The first-order chi connectivity index (χ1) is 12.0. The van der Waals surface area contributed by atoms with Crippen LogP contribution in [-0.2, 0) is 6.42 Å². The summed E-state index contributed by atoms with van der Waals surface area (Å²) in [5.74, 6) is 0. The molecular weight excluding hydrogens is 361 g/mol. The van der Waals surface area contributed by atoms with E-state index in [1.807, 2.05) is 18.2 Å². The van der Waals surface area contributed by atoms with Gasteiger partial charge in [-0.25, -0.2) is 4.99 Å². The highest BCUT2D eigenvalue weighted by molar-refractivity contribution is 6.65. The van der Waals surface area contributed by atoms with Gasteiger partial charge in [-0.05, 0) is 48.7 Å². The zero-order valence-electron chi connectivity index (χ0n) is 13.4. The van der Waals surface area contributed by atoms with Crippen LogP contribution in [0.2, 0.25) is 5.02 Å². The van der Waals surface area contributed by atoms with Gasteiger partial charge in [0.05, 0.1) is 10.6 Å². The number of non-ortho nitro benzene ring substituents is 1. The van der Waals surface area contributed by atoms with Crippen molar-refractivity contribution in [3.63, 3.8) is 0 Å². The van der Waals surface area contributed by atoms with E-state index in [9.17, 15) is 10.1 Å². The lowest BCUT2D eigenvalue weighted by Gasteiger charge is -2.19. The van der Waals surface area contributed by atoms with Gasteiger partial charge in [-0.3, -0.25) is 10.1 Å². The molecule has 1 aliphatic heterocycles. The van der Waals surface area contributed by atoms with Crippen LogP contribution in [0.15, 0.2) is 47.5 Å². The maximum atomic E-state index is 10.7. The predicted molar refractivity (Wildman–Crippen MR) is 101 cm³/mol. The van der Waals surface area contributed by atoms with Crippen LogP contribution < -0.4 is 5.32 Å². The first-order valence-electron chi connectivity index (χ1n) is 8.02. The number of aliphatic imine (C=N–C) groups is 1. The fourth-order valence-corrected chi connectivity index (χ4v) is 3.28. The number of hydrogen-bond acceptors (Lipinski definition) is 4. The van der Waals surface area contributed by atoms with Gasteiger partial charge in [-0.15, -0.1) is 0 Å². The Morgan fingerprint density at radius 3 is 2.68 bits per heavy atom. The maximum Gasteiger partial charge on any atom is 0.269 e. The zero-order chi connectivity index (χ0) is 17.8. The van der Waals surface area contributed by atoms with Crippen molar-refractivity contribution in [2.75, 3.05) is 6.54 Å². The van der Waals surface area contributed by atoms with E-state index < -0.39 is 4.92 Å². The molecule has 1 N–H and O–H groups in total. The topological polar surface area (TPSA) is 67.5 Å². The van der Waals surface area contributed by atoms with Crippen LogP contribution in [0.5, 0.6) is 0 Å². The molecule has 7 heteroatoms. The summed E-state index contributed by atoms with van der Waals surface area (Å²) in [6, 6.07) is 12.4. The number of fused-ring (bicyclic) bond motifs is 1. The molecule has 0 spiro atoms. The first-order valence-corrected chi connectivity index (χ1v) is 8.78. The van der Waals surface area contributed by atoms with Gasteiger partial charge in [0, 0.05) is 29.6 Å². The van der Waals surface area contributed by atoms with Crippen LogP contribution in [0, 0.1) is 10.1 Å². The Hall–Kier alpha value is -1.95. The van der Waals surface area contributed by atoms with Crippen LogP contribution in [0.4, 0.5) is 11.4 Å². The largest absolute Gasteiger partial charge is 0.310 e. The Bertz CT molecular complexity index is 806. The molecule has 0 radical (unpaired) electrons. The van der Waals surface area contributed by atoms with Crippen molar-refractivity contribution in [3.05, 3.63) is 68.7 Å². The molecule has 2 aromatic rings. The summed E-state index contributed by atoms with van der Waals surface area (Å²) >= 11 is 12.3. The lowest BCUT2D eigenvalue weighted by atomic mass is 10.0. The van der Waals surface area contributed by atoms with E-state index in [4.69, 9.17) is 23.2 Å². The third kappa shape index (κ3) is 4.57. The minimum atomic E-state index is -0.391. The molecule has 0 aromatic heterocycles. The van der Waals surface area contributed by atoms with Crippen LogP contribution in [-0.4, -0.2) is 16.6 Å². The van der Waals surface area contributed by atoms with Gasteiger partial charge in [0.2, 0.25) is 0 Å². The zero-order valence-corrected chi connectivity index (χ0v) is 14.9. The van der Waals surface area contributed by atoms with Crippen molar-refractivity contribution in [2.45, 2.75) is 25.3 Å². The van der Waals surface area contributed by atoms with Crippen molar-refractivity contribution >= 4 is 39.7 Å². The standard InChI is InChI=1S/C18H17Cl2N3O2/c19-13-3-6-17-15(11-13)16(7-8-18(20)22-17)21-10-9-12-1-4-14(5-2-12)23(24)25/h1-6,11,16,21H,7-10H2. The Kier molecular flexibility index (Phi) is 5.68. The summed E-state index contributed by atoms with van der Waals surface area (Å²) in [4.78, 5) is 14.7. The van der Waals surface area contributed by atoms with Crippen LogP contribution in [0.1, 0.15) is 30.0 Å². The number of nitrogens with zero attached hydrogens (tertiary/aromatic N) is 2. The monoisotopic (exact) mass is 377 g/mol. The molecular formula is C18H17Cl2N3O2. The molecule has 0 bridgehead atoms. The fraction of sp³-hybridized carbons (Fsp3) is 0.278. The summed E-state index contributed by atoms with van der Waals surface area (Å²) in [6.45, 7) is 0.742. The molecule has 25 heavy (non-hydrogen) atoms. The fourth-order valence-electron chi connectivity index (χ4n) is 2.90. The minimum Gasteiger partial charge on any atom is -0.310 e. The lowest BCUT2D eigenvalue weighted by molar-refractivity contribution is -0.384. The molecule has 5 nitrogen and oxygen atoms in total. The number of nitrogens with one attached hydrogen (secondary N) is 1. The van der Waals surface area contributed by atoms with E-state index in [2.05, 4.69) is 10.3 Å². The summed E-state index contributed by atoms with van der Waals surface area (Å²) in [6.07, 6.45) is 2.33. The van der Waals surface area contributed by atoms with E-state index in [1.54, 1.807) is 12.1 Å². The van der Waals surface area contributed by atoms with Gasteiger partial charge >= 0.3 is 0 Å². The van der Waals surface area contributed by atoms with Gasteiger partial charge in [0.1, 0.15) is 5.17 Å². The summed E-state index contributed by atoms with van der Waals surface area (Å²) in [7, 11) is 0. The molecule has 1 unspecified atom stereocenters. The van der Waals surface area contributed by atoms with Crippen LogP contribution >= 0.6 is 23.2 Å². The molecule has 1 atom stereocenters. The molecule has 0 aliphatic carbocycles. The van der Waals surface area contributed by atoms with E-state index in [-0.39, 0.29) is 11.7 Å². The van der Waals surface area contributed by atoms with Crippen molar-refractivity contribution in [1.29, 1.82) is 0 Å². The highest BCUT2D eigenvalue weighted by atomic mass is 35.5. The first kappa shape index (κ1) is 17.9. The van der Waals surface area contributed by atoms with Crippen molar-refractivity contribution in [2.24, 2.45) is 4.99 Å². The van der Waals surface area contributed by atoms with Gasteiger partial charge in [-0.2, -0.15) is 0 Å². The number of halogens is 2. The molecule has 130 valence electrons. The average molecular weight is 378 g/mol. The molecule has 0 amide bonds. The summed E-state index contributed by atoms with van der Waals surface area (Å²) in [5.41, 5.74) is 3.05. The second-order valence-electron chi connectivity index (χ2n) is 5.91. The summed E-state index contributed by atoms with van der Waals surface area (Å²) < 4.78 is 0. The second kappa shape index (κ2) is 7.95. The number of nitro groups is 1. The van der Waals surface area contributed by atoms with Crippen molar-refractivity contribution < 1.29 is 4.92 Å². The van der Waals surface area contributed by atoms with E-state index in [0.29, 0.717) is 16.6 Å². The Labute approximate surface area is 155 Å². The number of rotatable bonds is 5. The van der Waals surface area contributed by atoms with Gasteiger partial charge < -0.3 is 5.32 Å². The Morgan fingerprint density at radius 1 is 1.20 bits per heavy atom. The highest BCUT2D eigenvalue weighted by Crippen LogP contribution is 2.34. The third-order valence-corrected chi connectivity index (χ3v) is 4.71. The van der Waals surface area contributed by atoms with E-state index in [1.165, 1.54) is 12.1 Å². The van der Waals surface area contributed by atoms with Crippen molar-refractivity contribution in [1.82, 2.24) is 5.32 Å². The third-order valence-electron chi connectivity index (χ3n) is 4.20. The average Bonchev–Trinajstić information content (AvgIpc) is 2.74. The van der Waals surface area contributed by atoms with Gasteiger partial charge in [0.25, 0.3) is 5.69 Å². The summed E-state index contributed by atoms with van der Waals surface area (Å²) in [5, 5.41) is 15.5. The molecule has 0 saturated heterocycles. The number of hydrogen-bond donors (Lipinski definition) is 1. The van der Waals surface area contributed by atoms with Gasteiger partial charge in [-0.1, -0.05) is 35.3 Å². The maximum absolute atomic E-state index is 10.7. The molecule has 1 aliphatic rings. The Morgan fingerprint density at radius 2 is 1.96 bits per heavy atom. The lowest BCUT2D eigenvalue weighted by Crippen LogP contribution is -2.23. The second-order valence-corrected chi connectivity index (χ2v) is 6.78. The molecule has 3 rings (SSSR count). The van der Waals surface area contributed by atoms with E-state index in [0.717, 1.165) is 36.2 Å². The van der Waals surface area contributed by atoms with Crippen LogP contribution in [0.25, 0.3) is 0 Å². The van der Waals surface area contributed by atoms with Crippen molar-refractivity contribution in [3.8, 4) is 0 Å². The number of nitro benzene ring substituents is 1. The smallest absolute Gasteiger partial charge is 0.269 e. The molecule has 1 heterocycles. The molecule has 2 aromatic carbocycles.